The lowest BCUT2D eigenvalue weighted by molar-refractivity contribution is -0.131. The van der Waals surface area contributed by atoms with Gasteiger partial charge in [-0.1, -0.05) is 31.4 Å². The summed E-state index contributed by atoms with van der Waals surface area (Å²) in [6, 6.07) is 12.9. The Balaban J connectivity index is 1.82. The number of esters is 1. The van der Waals surface area contributed by atoms with Crippen LogP contribution >= 0.6 is 0 Å². The van der Waals surface area contributed by atoms with Gasteiger partial charge in [-0.05, 0) is 37.1 Å². The van der Waals surface area contributed by atoms with Crippen LogP contribution in [0.5, 0.6) is 5.75 Å². The molecule has 0 unspecified atom stereocenters. The summed E-state index contributed by atoms with van der Waals surface area (Å²) >= 11 is 0. The minimum atomic E-state index is -0.414. The van der Waals surface area contributed by atoms with Crippen molar-refractivity contribution >= 4 is 28.8 Å². The largest absolute Gasteiger partial charge is 0.426 e. The fourth-order valence-corrected chi connectivity index (χ4v) is 4.15. The van der Waals surface area contributed by atoms with Crippen molar-refractivity contribution in [2.75, 3.05) is 19.0 Å². The SMILES string of the molecule is CC(=O)Oc1cc(N(C)C)ccc1C=Nn1c(C2CCCCC2)nc2ccccc2c1=O. The number of aromatic nitrogens is 2. The summed E-state index contributed by atoms with van der Waals surface area (Å²) < 4.78 is 6.84. The van der Waals surface area contributed by atoms with Gasteiger partial charge in [0.1, 0.15) is 11.6 Å². The van der Waals surface area contributed by atoms with Gasteiger partial charge in [0.05, 0.1) is 17.1 Å². The second-order valence-corrected chi connectivity index (χ2v) is 8.39. The summed E-state index contributed by atoms with van der Waals surface area (Å²) in [6.45, 7) is 1.36. The zero-order chi connectivity index (χ0) is 22.7. The van der Waals surface area contributed by atoms with E-state index >= 15 is 0 Å². The minimum Gasteiger partial charge on any atom is -0.426 e. The van der Waals surface area contributed by atoms with Crippen molar-refractivity contribution in [2.45, 2.75) is 44.9 Å². The van der Waals surface area contributed by atoms with Gasteiger partial charge in [0, 0.05) is 44.3 Å². The fraction of sp³-hybridized carbons (Fsp3) is 0.360. The second-order valence-electron chi connectivity index (χ2n) is 8.39. The van der Waals surface area contributed by atoms with Crippen molar-refractivity contribution < 1.29 is 9.53 Å². The standard InChI is InChI=1S/C25H28N4O3/c1-17(30)32-23-15-20(28(2)3)14-13-19(23)16-26-29-24(18-9-5-4-6-10-18)27-22-12-8-7-11-21(22)25(29)31/h7-8,11-16,18H,4-6,9-10H2,1-3H3. The molecule has 7 heteroatoms. The maximum absolute atomic E-state index is 13.3. The first-order valence-electron chi connectivity index (χ1n) is 11.0. The van der Waals surface area contributed by atoms with Gasteiger partial charge in [-0.3, -0.25) is 9.59 Å². The maximum atomic E-state index is 13.3. The van der Waals surface area contributed by atoms with Gasteiger partial charge >= 0.3 is 5.97 Å². The first kappa shape index (κ1) is 21.7. The van der Waals surface area contributed by atoms with Gasteiger partial charge in [-0.25, -0.2) is 4.98 Å². The first-order chi connectivity index (χ1) is 15.4. The molecule has 7 nitrogen and oxygen atoms in total. The highest BCUT2D eigenvalue weighted by atomic mass is 16.5. The molecule has 2 aromatic carbocycles. The van der Waals surface area contributed by atoms with Crippen LogP contribution in [0.3, 0.4) is 0 Å². The molecule has 1 aliphatic carbocycles. The Morgan fingerprint density at radius 2 is 1.91 bits per heavy atom. The molecule has 0 saturated heterocycles. The maximum Gasteiger partial charge on any atom is 0.308 e. The molecule has 4 rings (SSSR count). The van der Waals surface area contributed by atoms with E-state index in [1.807, 2.05) is 49.3 Å². The van der Waals surface area contributed by atoms with Crippen LogP contribution in [0.25, 0.3) is 10.9 Å². The fourth-order valence-electron chi connectivity index (χ4n) is 4.15. The Morgan fingerprint density at radius 3 is 2.62 bits per heavy atom. The summed E-state index contributed by atoms with van der Waals surface area (Å²) in [6.07, 6.45) is 7.02. The number of fused-ring (bicyclic) bond motifs is 1. The molecular formula is C25H28N4O3. The summed E-state index contributed by atoms with van der Waals surface area (Å²) in [5.74, 6) is 0.877. The van der Waals surface area contributed by atoms with E-state index in [0.29, 0.717) is 28.0 Å². The van der Waals surface area contributed by atoms with Crippen LogP contribution in [0, 0.1) is 0 Å². The number of hydrogen-bond acceptors (Lipinski definition) is 6. The lowest BCUT2D eigenvalue weighted by Gasteiger charge is -2.22. The van der Waals surface area contributed by atoms with Gasteiger partial charge in [-0.2, -0.15) is 9.78 Å². The highest BCUT2D eigenvalue weighted by molar-refractivity contribution is 5.86. The average molecular weight is 433 g/mol. The zero-order valence-corrected chi connectivity index (χ0v) is 18.7. The average Bonchev–Trinajstić information content (AvgIpc) is 2.79. The molecule has 0 radical (unpaired) electrons. The smallest absolute Gasteiger partial charge is 0.308 e. The lowest BCUT2D eigenvalue weighted by atomic mass is 9.88. The van der Waals surface area contributed by atoms with Crippen LogP contribution in [0.2, 0.25) is 0 Å². The summed E-state index contributed by atoms with van der Waals surface area (Å²) in [5.41, 5.74) is 2.01. The molecule has 0 spiro atoms. The number of carbonyl (C=O) groups is 1. The van der Waals surface area contributed by atoms with E-state index in [9.17, 15) is 9.59 Å². The highest BCUT2D eigenvalue weighted by Crippen LogP contribution is 2.32. The Kier molecular flexibility index (Phi) is 6.35. The van der Waals surface area contributed by atoms with Crippen molar-refractivity contribution in [1.29, 1.82) is 0 Å². The molecule has 0 bridgehead atoms. The molecule has 166 valence electrons. The predicted octanol–water partition coefficient (Wildman–Crippen LogP) is 4.32. The van der Waals surface area contributed by atoms with Crippen molar-refractivity contribution in [3.63, 3.8) is 0 Å². The molecule has 1 aliphatic rings. The van der Waals surface area contributed by atoms with Gasteiger partial charge in [0.15, 0.2) is 0 Å². The molecule has 3 aromatic rings. The molecule has 0 atom stereocenters. The van der Waals surface area contributed by atoms with Gasteiger partial charge in [-0.15, -0.1) is 0 Å². The van der Waals surface area contributed by atoms with E-state index in [0.717, 1.165) is 31.4 Å². The van der Waals surface area contributed by atoms with Crippen molar-refractivity contribution in [1.82, 2.24) is 9.66 Å². The Labute approximate surface area is 187 Å². The molecule has 1 aromatic heterocycles. The van der Waals surface area contributed by atoms with Gasteiger partial charge in [0.2, 0.25) is 0 Å². The molecule has 0 N–H and O–H groups in total. The lowest BCUT2D eigenvalue weighted by Crippen LogP contribution is -2.25. The van der Waals surface area contributed by atoms with E-state index in [2.05, 4.69) is 5.10 Å². The first-order valence-corrected chi connectivity index (χ1v) is 11.0. The van der Waals surface area contributed by atoms with E-state index in [1.165, 1.54) is 18.0 Å². The number of ether oxygens (including phenoxy) is 1. The monoisotopic (exact) mass is 432 g/mol. The zero-order valence-electron chi connectivity index (χ0n) is 18.7. The van der Waals surface area contributed by atoms with Crippen molar-refractivity contribution in [3.05, 3.63) is 64.2 Å². The number of para-hydroxylation sites is 1. The molecule has 1 fully saturated rings. The van der Waals surface area contributed by atoms with E-state index in [-0.39, 0.29) is 11.5 Å². The van der Waals surface area contributed by atoms with E-state index < -0.39 is 5.97 Å². The van der Waals surface area contributed by atoms with Crippen LogP contribution < -0.4 is 15.2 Å². The third-order valence-electron chi connectivity index (χ3n) is 5.83. The van der Waals surface area contributed by atoms with Crippen molar-refractivity contribution in [3.8, 4) is 5.75 Å². The van der Waals surface area contributed by atoms with Crippen LogP contribution in [-0.2, 0) is 4.79 Å². The Bertz CT molecular complexity index is 1220. The summed E-state index contributed by atoms with van der Waals surface area (Å²) in [4.78, 5) is 31.7. The van der Waals surface area contributed by atoms with Crippen LogP contribution in [-0.4, -0.2) is 35.9 Å². The molecule has 0 amide bonds. The minimum absolute atomic E-state index is 0.189. The molecule has 32 heavy (non-hydrogen) atoms. The summed E-state index contributed by atoms with van der Waals surface area (Å²) in [7, 11) is 3.83. The normalized spacial score (nSPS) is 14.7. The number of benzene rings is 2. The van der Waals surface area contributed by atoms with E-state index in [1.54, 1.807) is 18.3 Å². The Hall–Kier alpha value is -3.48. The third kappa shape index (κ3) is 4.56. The molecule has 0 aliphatic heterocycles. The van der Waals surface area contributed by atoms with Crippen LogP contribution in [0.15, 0.2) is 52.4 Å². The van der Waals surface area contributed by atoms with Crippen molar-refractivity contribution in [2.24, 2.45) is 5.10 Å². The van der Waals surface area contributed by atoms with Crippen LogP contribution in [0.4, 0.5) is 5.69 Å². The van der Waals surface area contributed by atoms with E-state index in [4.69, 9.17) is 9.72 Å². The number of carbonyl (C=O) groups excluding carboxylic acids is 1. The Morgan fingerprint density at radius 1 is 1.16 bits per heavy atom. The summed E-state index contributed by atoms with van der Waals surface area (Å²) in [5, 5.41) is 5.09. The number of anilines is 1. The molecule has 1 heterocycles. The molecule has 1 saturated carbocycles. The highest BCUT2D eigenvalue weighted by Gasteiger charge is 2.22. The topological polar surface area (TPSA) is 76.8 Å². The number of nitrogens with zero attached hydrogens (tertiary/aromatic N) is 4. The number of hydrogen-bond donors (Lipinski definition) is 0. The quantitative estimate of drug-likeness (QED) is 0.341. The van der Waals surface area contributed by atoms with Crippen LogP contribution in [0.1, 0.15) is 56.3 Å². The number of rotatable bonds is 5. The van der Waals surface area contributed by atoms with Gasteiger partial charge < -0.3 is 9.64 Å². The third-order valence-corrected chi connectivity index (χ3v) is 5.83. The van der Waals surface area contributed by atoms with Gasteiger partial charge in [0.25, 0.3) is 5.56 Å². The predicted molar refractivity (Wildman–Crippen MR) is 127 cm³/mol. The molecular weight excluding hydrogens is 404 g/mol. The second kappa shape index (κ2) is 9.34.